The zero-order valence-corrected chi connectivity index (χ0v) is 12.0. The number of ether oxygens (including phenoxy) is 1. The summed E-state index contributed by atoms with van der Waals surface area (Å²) in [6, 6.07) is 0. The molecule has 0 aliphatic rings. The van der Waals surface area contributed by atoms with E-state index in [9.17, 15) is 4.79 Å². The summed E-state index contributed by atoms with van der Waals surface area (Å²) < 4.78 is 4.81. The highest BCUT2D eigenvalue weighted by molar-refractivity contribution is 5.80. The molecule has 4 nitrogen and oxygen atoms in total. The van der Waals surface area contributed by atoms with Crippen LogP contribution in [0.5, 0.6) is 0 Å². The fraction of sp³-hybridized carbons (Fsp3) is 0.923. The molecular formula is C13H28N2O2. The van der Waals surface area contributed by atoms with Gasteiger partial charge < -0.3 is 15.0 Å². The zero-order valence-electron chi connectivity index (χ0n) is 12.0. The highest BCUT2D eigenvalue weighted by Gasteiger charge is 2.31. The van der Waals surface area contributed by atoms with Gasteiger partial charge in [0.25, 0.3) is 0 Å². The molecule has 17 heavy (non-hydrogen) atoms. The van der Waals surface area contributed by atoms with Crippen LogP contribution in [0.3, 0.4) is 0 Å². The number of likely N-dealkylation sites (N-methyl/N-ethyl adjacent to an activating group) is 1. The Morgan fingerprint density at radius 1 is 1.35 bits per heavy atom. The number of nitrogens with zero attached hydrogens (tertiary/aromatic N) is 1. The first-order valence-electron chi connectivity index (χ1n) is 6.46. The summed E-state index contributed by atoms with van der Waals surface area (Å²) in [6.07, 6.45) is 4.15. The van der Waals surface area contributed by atoms with Crippen molar-refractivity contribution < 1.29 is 9.53 Å². The monoisotopic (exact) mass is 244 g/mol. The van der Waals surface area contributed by atoms with Gasteiger partial charge in [0.15, 0.2) is 0 Å². The van der Waals surface area contributed by atoms with Gasteiger partial charge in [0.2, 0.25) is 0 Å². The van der Waals surface area contributed by atoms with Crippen LogP contribution in [-0.2, 0) is 9.53 Å². The van der Waals surface area contributed by atoms with Gasteiger partial charge in [-0.05, 0) is 59.8 Å². The predicted molar refractivity (Wildman–Crippen MR) is 71.1 cm³/mol. The summed E-state index contributed by atoms with van der Waals surface area (Å²) in [4.78, 5) is 13.9. The molecule has 1 unspecified atom stereocenters. The number of carbonyl (C=O) groups excluding carboxylic acids is 1. The van der Waals surface area contributed by atoms with Gasteiger partial charge in [-0.3, -0.25) is 4.79 Å². The van der Waals surface area contributed by atoms with Crippen molar-refractivity contribution in [1.29, 1.82) is 0 Å². The number of unbranched alkanes of at least 4 members (excludes halogenated alkanes) is 1. The first-order valence-corrected chi connectivity index (χ1v) is 6.46. The number of rotatable bonds is 9. The molecule has 0 saturated heterocycles. The van der Waals surface area contributed by atoms with E-state index in [1.54, 1.807) is 7.05 Å². The van der Waals surface area contributed by atoms with Gasteiger partial charge >= 0.3 is 5.97 Å². The summed E-state index contributed by atoms with van der Waals surface area (Å²) in [7, 11) is 5.38. The maximum Gasteiger partial charge on any atom is 0.325 e. The molecule has 0 bridgehead atoms. The number of methoxy groups -OCH3 is 1. The van der Waals surface area contributed by atoms with Crippen molar-refractivity contribution in [3.05, 3.63) is 0 Å². The van der Waals surface area contributed by atoms with E-state index in [1.165, 1.54) is 13.5 Å². The van der Waals surface area contributed by atoms with E-state index in [-0.39, 0.29) is 5.97 Å². The molecule has 0 saturated carbocycles. The van der Waals surface area contributed by atoms with Crippen LogP contribution in [0, 0.1) is 0 Å². The third kappa shape index (κ3) is 6.03. The largest absolute Gasteiger partial charge is 0.468 e. The van der Waals surface area contributed by atoms with Gasteiger partial charge in [0, 0.05) is 0 Å². The fourth-order valence-corrected chi connectivity index (χ4v) is 1.91. The van der Waals surface area contributed by atoms with Crippen LogP contribution in [0.15, 0.2) is 0 Å². The van der Waals surface area contributed by atoms with Crippen LogP contribution >= 0.6 is 0 Å². The molecule has 4 heteroatoms. The third-order valence-electron chi connectivity index (χ3n) is 3.26. The molecule has 0 spiro atoms. The van der Waals surface area contributed by atoms with Gasteiger partial charge in [-0.25, -0.2) is 0 Å². The number of hydrogen-bond donors (Lipinski definition) is 1. The lowest BCUT2D eigenvalue weighted by Gasteiger charge is -2.26. The van der Waals surface area contributed by atoms with E-state index >= 15 is 0 Å². The Labute approximate surface area is 106 Å². The fourth-order valence-electron chi connectivity index (χ4n) is 1.91. The van der Waals surface area contributed by atoms with Crippen LogP contribution in [-0.4, -0.2) is 50.7 Å². The predicted octanol–water partition coefficient (Wildman–Crippen LogP) is 1.65. The standard InChI is InChI=1S/C13H28N2O2/c1-6-10-15(4)11-8-7-9-13(2,14-3)12(16)17-5/h14H,6-11H2,1-5H3. The van der Waals surface area contributed by atoms with Crippen molar-refractivity contribution >= 4 is 5.97 Å². The Bertz CT molecular complexity index is 221. The molecule has 0 rings (SSSR count). The molecule has 1 N–H and O–H groups in total. The van der Waals surface area contributed by atoms with E-state index in [0.717, 1.165) is 32.4 Å². The molecule has 1 atom stereocenters. The van der Waals surface area contributed by atoms with Crippen molar-refractivity contribution in [1.82, 2.24) is 10.2 Å². The summed E-state index contributed by atoms with van der Waals surface area (Å²) in [5.74, 6) is -0.179. The summed E-state index contributed by atoms with van der Waals surface area (Å²) in [5, 5.41) is 3.05. The van der Waals surface area contributed by atoms with Crippen LogP contribution in [0.4, 0.5) is 0 Å². The van der Waals surface area contributed by atoms with E-state index in [0.29, 0.717) is 0 Å². The Morgan fingerprint density at radius 3 is 2.47 bits per heavy atom. The number of nitrogens with one attached hydrogen (secondary N) is 1. The summed E-state index contributed by atoms with van der Waals surface area (Å²) in [5.41, 5.74) is -0.544. The topological polar surface area (TPSA) is 41.6 Å². The minimum atomic E-state index is -0.544. The number of carbonyl (C=O) groups is 1. The second-order valence-electron chi connectivity index (χ2n) is 4.83. The maximum absolute atomic E-state index is 11.6. The lowest BCUT2D eigenvalue weighted by atomic mass is 9.95. The average molecular weight is 244 g/mol. The summed E-state index contributed by atoms with van der Waals surface area (Å²) in [6.45, 7) is 6.32. The van der Waals surface area contributed by atoms with E-state index in [2.05, 4.69) is 24.2 Å². The molecule has 0 fully saturated rings. The lowest BCUT2D eigenvalue weighted by molar-refractivity contribution is -0.148. The van der Waals surface area contributed by atoms with Crippen LogP contribution < -0.4 is 5.32 Å². The zero-order chi connectivity index (χ0) is 13.3. The van der Waals surface area contributed by atoms with Gasteiger partial charge in [0.1, 0.15) is 5.54 Å². The highest BCUT2D eigenvalue weighted by Crippen LogP contribution is 2.15. The first kappa shape index (κ1) is 16.4. The minimum absolute atomic E-state index is 0.179. The smallest absolute Gasteiger partial charge is 0.325 e. The molecule has 0 aliphatic carbocycles. The third-order valence-corrected chi connectivity index (χ3v) is 3.26. The number of hydrogen-bond acceptors (Lipinski definition) is 4. The Kier molecular flexibility index (Phi) is 8.17. The molecule has 0 radical (unpaired) electrons. The van der Waals surface area contributed by atoms with Crippen LogP contribution in [0.25, 0.3) is 0 Å². The van der Waals surface area contributed by atoms with Crippen molar-refractivity contribution in [3.63, 3.8) is 0 Å². The molecule has 0 aromatic carbocycles. The normalized spacial score (nSPS) is 14.7. The molecule has 0 amide bonds. The quantitative estimate of drug-likeness (QED) is 0.494. The first-order chi connectivity index (χ1) is 8.00. The van der Waals surface area contributed by atoms with Crippen molar-refractivity contribution in [2.45, 2.75) is 45.1 Å². The van der Waals surface area contributed by atoms with Gasteiger partial charge in [0.05, 0.1) is 7.11 Å². The maximum atomic E-state index is 11.6. The Morgan fingerprint density at radius 2 is 2.00 bits per heavy atom. The average Bonchev–Trinajstić information content (AvgIpc) is 2.33. The second kappa shape index (κ2) is 8.48. The Hall–Kier alpha value is -0.610. The second-order valence-corrected chi connectivity index (χ2v) is 4.83. The van der Waals surface area contributed by atoms with E-state index < -0.39 is 5.54 Å². The van der Waals surface area contributed by atoms with Gasteiger partial charge in [-0.1, -0.05) is 6.92 Å². The molecule has 0 aromatic heterocycles. The highest BCUT2D eigenvalue weighted by atomic mass is 16.5. The summed E-state index contributed by atoms with van der Waals surface area (Å²) >= 11 is 0. The van der Waals surface area contributed by atoms with Gasteiger partial charge in [-0.2, -0.15) is 0 Å². The number of esters is 1. The lowest BCUT2D eigenvalue weighted by Crippen LogP contribution is -2.48. The van der Waals surface area contributed by atoms with E-state index in [1.807, 2.05) is 6.92 Å². The van der Waals surface area contributed by atoms with Gasteiger partial charge in [-0.15, -0.1) is 0 Å². The SMILES string of the molecule is CCCN(C)CCCCC(C)(NC)C(=O)OC. The van der Waals surface area contributed by atoms with Crippen LogP contribution in [0.1, 0.15) is 39.5 Å². The molecule has 0 heterocycles. The van der Waals surface area contributed by atoms with Crippen molar-refractivity contribution in [3.8, 4) is 0 Å². The molecular weight excluding hydrogens is 216 g/mol. The van der Waals surface area contributed by atoms with Crippen molar-refractivity contribution in [2.75, 3.05) is 34.3 Å². The van der Waals surface area contributed by atoms with Crippen LogP contribution in [0.2, 0.25) is 0 Å². The molecule has 102 valence electrons. The van der Waals surface area contributed by atoms with Crippen molar-refractivity contribution in [2.24, 2.45) is 0 Å². The van der Waals surface area contributed by atoms with E-state index in [4.69, 9.17) is 4.74 Å². The minimum Gasteiger partial charge on any atom is -0.468 e. The Balaban J connectivity index is 3.88. The molecule has 0 aliphatic heterocycles. The molecule has 0 aromatic rings.